The number of phenolic OH excluding ortho intramolecular Hbond substituents is 1. The predicted octanol–water partition coefficient (Wildman–Crippen LogP) is 2.72. The van der Waals surface area contributed by atoms with Crippen molar-refractivity contribution >= 4 is 5.78 Å². The molecule has 0 bridgehead atoms. The van der Waals surface area contributed by atoms with Gasteiger partial charge in [0.05, 0.1) is 5.69 Å². The Morgan fingerprint density at radius 3 is 2.90 bits per heavy atom. The molecule has 0 fully saturated rings. The molecule has 4 nitrogen and oxygen atoms in total. The molecular weight excluding hydrogens is 252 g/mol. The van der Waals surface area contributed by atoms with Crippen LogP contribution in [0, 0.1) is 0 Å². The van der Waals surface area contributed by atoms with Gasteiger partial charge in [-0.25, -0.2) is 4.98 Å². The van der Waals surface area contributed by atoms with Crippen molar-refractivity contribution in [3.8, 4) is 5.75 Å². The van der Waals surface area contributed by atoms with Crippen molar-refractivity contribution in [2.75, 3.05) is 0 Å². The van der Waals surface area contributed by atoms with Gasteiger partial charge in [-0.3, -0.25) is 4.79 Å². The number of ketones is 1. The molecule has 1 aromatic heterocycles. The van der Waals surface area contributed by atoms with Crippen molar-refractivity contribution in [2.45, 2.75) is 39.0 Å². The number of aryl methyl sites for hydroxylation is 2. The number of aromatic nitrogens is 2. The minimum Gasteiger partial charge on any atom is -0.508 e. The highest BCUT2D eigenvalue weighted by molar-refractivity contribution is 6.08. The Morgan fingerprint density at radius 2 is 2.20 bits per heavy atom. The van der Waals surface area contributed by atoms with Crippen molar-refractivity contribution in [2.24, 2.45) is 0 Å². The van der Waals surface area contributed by atoms with E-state index >= 15 is 0 Å². The molecule has 1 aliphatic rings. The number of fused-ring (bicyclic) bond motifs is 1. The van der Waals surface area contributed by atoms with Gasteiger partial charge < -0.3 is 9.67 Å². The fourth-order valence-corrected chi connectivity index (χ4v) is 2.22. The van der Waals surface area contributed by atoms with E-state index in [1.807, 2.05) is 0 Å². The Bertz CT molecular complexity index is 819. The molecule has 0 saturated carbocycles. The molecule has 20 heavy (non-hydrogen) atoms. The maximum Gasteiger partial charge on any atom is 0.211 e. The van der Waals surface area contributed by atoms with Crippen LogP contribution in [0.2, 0.25) is 0 Å². The lowest BCUT2D eigenvalue weighted by atomic mass is 10.0. The number of nitrogens with zero attached hydrogens (tertiary/aromatic N) is 2. The van der Waals surface area contributed by atoms with Crippen molar-refractivity contribution in [3.63, 3.8) is 0 Å². The normalized spacial score (nSPS) is 31.2. The van der Waals surface area contributed by atoms with E-state index in [2.05, 4.69) is 4.98 Å². The van der Waals surface area contributed by atoms with Gasteiger partial charge in [0.1, 0.15) is 17.3 Å². The highest BCUT2D eigenvalue weighted by atomic mass is 16.3. The Labute approximate surface area is 125 Å². The monoisotopic (exact) mass is 275 g/mol. The van der Waals surface area contributed by atoms with Crippen LogP contribution in [0.25, 0.3) is 0 Å². The first kappa shape index (κ1) is 8.25. The molecule has 0 radical (unpaired) electrons. The minimum atomic E-state index is -2.28. The molecule has 3 unspecified atom stereocenters. The average molecular weight is 275 g/mol. The second-order valence-corrected chi connectivity index (χ2v) is 4.49. The van der Waals surface area contributed by atoms with Crippen LogP contribution in [0.5, 0.6) is 5.75 Å². The second kappa shape index (κ2) is 5.12. The van der Waals surface area contributed by atoms with Crippen molar-refractivity contribution < 1.29 is 16.8 Å². The van der Waals surface area contributed by atoms with Crippen LogP contribution in [0.15, 0.2) is 24.3 Å². The zero-order valence-electron chi connectivity index (χ0n) is 16.0. The number of imidazole rings is 1. The number of hydrogen-bond donors (Lipinski definition) is 1. The lowest BCUT2D eigenvalue weighted by molar-refractivity contribution is 0.102. The van der Waals surface area contributed by atoms with Gasteiger partial charge in [-0.15, -0.1) is 0 Å². The number of hydrogen-bond acceptors (Lipinski definition) is 3. The summed E-state index contributed by atoms with van der Waals surface area (Å²) < 4.78 is 41.5. The summed E-state index contributed by atoms with van der Waals surface area (Å²) in [6.45, 7) is 0.252. The predicted molar refractivity (Wildman–Crippen MR) is 76.1 cm³/mol. The zero-order chi connectivity index (χ0) is 18.5. The maximum atomic E-state index is 13.0. The van der Waals surface area contributed by atoms with Crippen LogP contribution in [0.4, 0.5) is 0 Å². The lowest BCUT2D eigenvalue weighted by Crippen LogP contribution is -2.17. The third kappa shape index (κ3) is 2.11. The molecule has 104 valence electrons. The minimum absolute atomic E-state index is 0.0144. The molecule has 3 atom stereocenters. The third-order valence-electron chi connectivity index (χ3n) is 3.22. The first-order chi connectivity index (χ1) is 11.7. The second-order valence-electron chi connectivity index (χ2n) is 4.49. The molecule has 0 saturated heterocycles. The third-order valence-corrected chi connectivity index (χ3v) is 3.22. The smallest absolute Gasteiger partial charge is 0.211 e. The van der Waals surface area contributed by atoms with Gasteiger partial charge in [-0.1, -0.05) is 6.92 Å². The van der Waals surface area contributed by atoms with Gasteiger partial charge in [-0.05, 0) is 43.5 Å². The van der Waals surface area contributed by atoms with E-state index in [1.54, 1.807) is 6.92 Å². The van der Waals surface area contributed by atoms with Gasteiger partial charge in [0.2, 0.25) is 5.78 Å². The molecule has 3 rings (SSSR count). The maximum absolute atomic E-state index is 13.0. The number of rotatable bonds is 3. The van der Waals surface area contributed by atoms with Crippen molar-refractivity contribution in [3.05, 3.63) is 47.0 Å². The van der Waals surface area contributed by atoms with Crippen LogP contribution in [0.3, 0.4) is 0 Å². The summed E-state index contributed by atoms with van der Waals surface area (Å²) in [7, 11) is 0. The number of aromatic hydroxyl groups is 1. The summed E-state index contributed by atoms with van der Waals surface area (Å²) in [5, 5.41) is 9.38. The molecule has 0 amide bonds. The molecule has 0 aliphatic carbocycles. The van der Waals surface area contributed by atoms with Crippen LogP contribution in [0.1, 0.15) is 54.1 Å². The van der Waals surface area contributed by atoms with Gasteiger partial charge in [0, 0.05) is 25.3 Å². The summed E-state index contributed by atoms with van der Waals surface area (Å²) in [6.07, 6.45) is -4.63. The summed E-state index contributed by atoms with van der Waals surface area (Å²) in [5.41, 5.74) is 0.737. The SMILES string of the molecule is [2H]C1c2nc(CC)c(C(=O)c3ccc(O)cc3)n2C([2H])C([2H])([2H])C1[2H]. The number of benzene rings is 1. The Hall–Kier alpha value is -2.10. The fraction of sp³-hybridized carbons (Fsp3) is 0.375. The zero-order valence-corrected chi connectivity index (χ0v) is 11.0. The Morgan fingerprint density at radius 1 is 1.45 bits per heavy atom. The molecule has 2 aromatic rings. The molecule has 1 aromatic carbocycles. The summed E-state index contributed by atoms with van der Waals surface area (Å²) >= 11 is 0. The molecule has 1 aliphatic heterocycles. The van der Waals surface area contributed by atoms with Gasteiger partial charge in [0.25, 0.3) is 0 Å². The van der Waals surface area contributed by atoms with Crippen LogP contribution in [-0.2, 0) is 19.3 Å². The average Bonchev–Trinajstić information content (AvgIpc) is 2.98. The van der Waals surface area contributed by atoms with E-state index in [0.29, 0.717) is 12.1 Å². The number of carbonyl (C=O) groups excluding carboxylic acids is 1. The topological polar surface area (TPSA) is 55.1 Å². The van der Waals surface area contributed by atoms with E-state index in [4.69, 9.17) is 6.85 Å². The summed E-state index contributed by atoms with van der Waals surface area (Å²) in [6, 6.07) is 5.63. The van der Waals surface area contributed by atoms with E-state index in [0.717, 1.165) is 4.57 Å². The number of phenols is 1. The highest BCUT2D eigenvalue weighted by Gasteiger charge is 2.24. The molecular formula is C16H18N2O2. The molecule has 2 heterocycles. The van der Waals surface area contributed by atoms with E-state index in [9.17, 15) is 9.90 Å². The van der Waals surface area contributed by atoms with Gasteiger partial charge >= 0.3 is 0 Å². The summed E-state index contributed by atoms with van der Waals surface area (Å²) in [5.74, 6) is -0.353. The van der Waals surface area contributed by atoms with Crippen LogP contribution in [-0.4, -0.2) is 20.4 Å². The molecule has 1 N–H and O–H groups in total. The Kier molecular flexibility index (Phi) is 2.11. The standard InChI is InChI=1S/C16H18N2O2/c1-2-13-15(18-10-4-3-5-14(18)17-13)16(20)11-6-8-12(19)9-7-11/h6-9,19H,2-5,10H2,1H3/i3D,4D2,5D,10D. The summed E-state index contributed by atoms with van der Waals surface area (Å²) in [4.78, 5) is 17.2. The largest absolute Gasteiger partial charge is 0.508 e. The van der Waals surface area contributed by atoms with Gasteiger partial charge in [-0.2, -0.15) is 0 Å². The van der Waals surface area contributed by atoms with E-state index < -0.39 is 31.5 Å². The van der Waals surface area contributed by atoms with Gasteiger partial charge in [0.15, 0.2) is 0 Å². The lowest BCUT2D eigenvalue weighted by Gasteiger charge is -2.16. The van der Waals surface area contributed by atoms with Crippen molar-refractivity contribution in [1.82, 2.24) is 9.55 Å². The first-order valence-electron chi connectivity index (χ1n) is 9.14. The van der Waals surface area contributed by atoms with Crippen LogP contribution >= 0.6 is 0 Å². The fourth-order valence-electron chi connectivity index (χ4n) is 2.22. The van der Waals surface area contributed by atoms with E-state index in [1.165, 1.54) is 24.3 Å². The number of carbonyl (C=O) groups is 1. The first-order valence-corrected chi connectivity index (χ1v) is 6.41. The quantitative estimate of drug-likeness (QED) is 0.876. The van der Waals surface area contributed by atoms with Crippen molar-refractivity contribution in [1.29, 1.82) is 0 Å². The Balaban J connectivity index is 2.20. The highest BCUT2D eigenvalue weighted by Crippen LogP contribution is 2.23. The molecule has 0 spiro atoms. The van der Waals surface area contributed by atoms with E-state index in [-0.39, 0.29) is 22.8 Å². The molecule has 4 heteroatoms. The van der Waals surface area contributed by atoms with Crippen LogP contribution < -0.4 is 0 Å².